The van der Waals surface area contributed by atoms with Crippen LogP contribution in [0.2, 0.25) is 0 Å². The van der Waals surface area contributed by atoms with Crippen molar-refractivity contribution in [1.29, 1.82) is 0 Å². The zero-order valence-corrected chi connectivity index (χ0v) is 82.9. The lowest BCUT2D eigenvalue weighted by atomic mass is 10.0. The summed E-state index contributed by atoms with van der Waals surface area (Å²) in [5.74, 6) is 0. The van der Waals surface area contributed by atoms with Crippen LogP contribution in [0.25, 0.3) is 0 Å². The van der Waals surface area contributed by atoms with Crippen LogP contribution in [-0.2, 0) is 180 Å². The standard InChI is InChI=1S/C23H45NO2.2C16H32O8.10C4H6O2.2CH2O/c1-4-5-6-7-8-9-10-11-12-13-14-15-16-17-24(20(2)22-18-25-22)21(3)23-19-26-23;2*17-2-4-19-6-8-21-10-12-23-14-13-22-11-9-20-7-5-18-3-1-16-15-24-16;10*1-3(5-1)4-2-6-4;2*1-2/h20-23H,4-19H2,1-3H3;2*16-17H,1-15H2;10*3-4H,1-2H2;2*1H2. The van der Waals surface area contributed by atoms with Crippen molar-refractivity contribution in [2.45, 2.75) is 276 Å². The molecule has 0 aliphatic carbocycles. The van der Waals surface area contributed by atoms with Gasteiger partial charge in [-0.05, 0) is 39.7 Å². The largest absolute Gasteiger partial charge is 0.394 e. The second-order valence-electron chi connectivity index (χ2n) is 36.4. The fourth-order valence-corrected chi connectivity index (χ4v) is 13.0. The van der Waals surface area contributed by atoms with Crippen LogP contribution in [0.5, 0.6) is 0 Å². The molecule has 806 valence electrons. The zero-order chi connectivity index (χ0) is 96.7. The molecule has 41 nitrogen and oxygen atoms in total. The van der Waals surface area contributed by atoms with Gasteiger partial charge in [-0.3, -0.25) is 4.90 Å². The Labute approximate surface area is 817 Å². The van der Waals surface area contributed by atoms with Crippen LogP contribution in [0.4, 0.5) is 0 Å². The number of epoxide rings is 24. The molecule has 0 amide bonds. The van der Waals surface area contributed by atoms with Crippen LogP contribution in [0.1, 0.15) is 117 Å². The summed E-state index contributed by atoms with van der Waals surface area (Å²) in [6, 6.07) is 1.10. The van der Waals surface area contributed by atoms with Gasteiger partial charge in [0.15, 0.2) is 0 Å². The predicted molar refractivity (Wildman–Crippen MR) is 493 cm³/mol. The van der Waals surface area contributed by atoms with Crippen molar-refractivity contribution >= 4 is 13.6 Å². The van der Waals surface area contributed by atoms with E-state index in [-0.39, 0.29) is 13.2 Å². The molecule has 26 atom stereocenters. The molecular weight excluding hydrogens is 1820 g/mol. The van der Waals surface area contributed by atoms with Crippen molar-refractivity contribution in [2.24, 2.45) is 0 Å². The van der Waals surface area contributed by atoms with E-state index in [0.717, 1.165) is 185 Å². The first-order chi connectivity index (χ1) is 68.3. The smallest absolute Gasteiger partial charge is 0.109 e. The van der Waals surface area contributed by atoms with E-state index in [2.05, 4.69) is 25.7 Å². The first-order valence-electron chi connectivity index (χ1n) is 51.5. The van der Waals surface area contributed by atoms with Crippen LogP contribution < -0.4 is 0 Å². The maximum atomic E-state index is 8.50. The summed E-state index contributed by atoms with van der Waals surface area (Å²) >= 11 is 0. The second kappa shape index (κ2) is 73.8. The zero-order valence-electron chi connectivity index (χ0n) is 82.9. The maximum absolute atomic E-state index is 8.50. The summed E-state index contributed by atoms with van der Waals surface area (Å²) in [6.07, 6.45) is 32.1. The third-order valence-corrected chi connectivity index (χ3v) is 23.9. The number of aliphatic hydroxyl groups is 2. The van der Waals surface area contributed by atoms with E-state index in [0.29, 0.717) is 304 Å². The Morgan fingerprint density at radius 3 is 0.478 bits per heavy atom. The quantitative estimate of drug-likeness (QED) is 0.0652. The van der Waals surface area contributed by atoms with E-state index in [4.69, 9.17) is 190 Å². The van der Waals surface area contributed by atoms with Crippen molar-refractivity contribution in [3.05, 3.63) is 0 Å². The Hall–Kier alpha value is -2.22. The molecule has 0 aromatic rings. The molecule has 41 heteroatoms. The van der Waals surface area contributed by atoms with E-state index in [1.165, 1.54) is 90.0 Å². The molecule has 0 spiro atoms. The monoisotopic (exact) mass is 1990 g/mol. The minimum atomic E-state index is 0.0398. The summed E-state index contributed by atoms with van der Waals surface area (Å²) in [6.45, 7) is 47.7. The SMILES string of the molecule is C1OC1C1CO1.C1OC1C1CO1.C1OC1C1CO1.C1OC1C1CO1.C1OC1C1CO1.C1OC1C1CO1.C1OC1C1CO1.C1OC1C1CO1.C1OC1C1CO1.C1OC1C1CO1.C=O.C=O.CCCCCCCCCCCCCCCN(C(C)C1CO1)C(C)C1CO1.OCCOCCOCCOCCOCCOCCOCCC1CO1.OCCOCCOCCOCCOCCOCCOCCC1CO1. The highest BCUT2D eigenvalue weighted by Gasteiger charge is 2.48. The summed E-state index contributed by atoms with van der Waals surface area (Å²) < 4.78 is 183. The number of hydrogen-bond donors (Lipinski definition) is 2. The minimum Gasteiger partial charge on any atom is -0.394 e. The van der Waals surface area contributed by atoms with E-state index >= 15 is 0 Å². The van der Waals surface area contributed by atoms with Crippen LogP contribution >= 0.6 is 0 Å². The average Bonchev–Trinajstić information content (AvgIpc) is 1.63. The molecule has 0 bridgehead atoms. The molecule has 24 aliphatic rings. The summed E-state index contributed by atoms with van der Waals surface area (Å²) in [4.78, 5) is 18.6. The Bertz CT molecular complexity index is 2320. The lowest BCUT2D eigenvalue weighted by Gasteiger charge is -2.33. The van der Waals surface area contributed by atoms with Crippen LogP contribution in [0.15, 0.2) is 0 Å². The van der Waals surface area contributed by atoms with Crippen molar-refractivity contribution in [1.82, 2.24) is 4.90 Å². The maximum Gasteiger partial charge on any atom is 0.109 e. The van der Waals surface area contributed by atoms with Gasteiger partial charge in [0.2, 0.25) is 0 Å². The number of carbonyl (C=O) groups excluding carboxylic acids is 2. The number of rotatable bonds is 68. The first-order valence-corrected chi connectivity index (χ1v) is 51.5. The molecule has 24 aliphatic heterocycles. The van der Waals surface area contributed by atoms with Crippen molar-refractivity contribution in [3.63, 3.8) is 0 Å². The van der Waals surface area contributed by atoms with Crippen molar-refractivity contribution in [2.75, 3.05) is 337 Å². The van der Waals surface area contributed by atoms with Crippen LogP contribution in [0.3, 0.4) is 0 Å². The minimum absolute atomic E-state index is 0.0398. The molecule has 0 aromatic heterocycles. The number of nitrogens with zero attached hydrogens (tertiary/aromatic N) is 1. The highest BCUT2D eigenvalue weighted by Crippen LogP contribution is 2.33. The van der Waals surface area contributed by atoms with Gasteiger partial charge in [-0.15, -0.1) is 0 Å². The topological polar surface area (TPSA) is 489 Å². The van der Waals surface area contributed by atoms with Gasteiger partial charge in [0.05, 0.1) is 342 Å². The number of aliphatic hydroxyl groups excluding tert-OH is 2. The molecule has 0 radical (unpaired) electrons. The van der Waals surface area contributed by atoms with Gasteiger partial charge < -0.3 is 190 Å². The molecule has 24 saturated heterocycles. The van der Waals surface area contributed by atoms with Gasteiger partial charge in [-0.25, -0.2) is 0 Å². The number of ether oxygens (including phenoxy) is 36. The Balaban J connectivity index is 0.000000161. The van der Waals surface area contributed by atoms with Crippen molar-refractivity contribution < 1.29 is 190 Å². The van der Waals surface area contributed by atoms with E-state index in [1.54, 1.807) is 0 Å². The average molecular weight is 1990 g/mol. The molecule has 0 aromatic carbocycles. The summed E-state index contributed by atoms with van der Waals surface area (Å²) in [5, 5.41) is 17.0. The van der Waals surface area contributed by atoms with E-state index < -0.39 is 0 Å². The number of hydrogen-bond acceptors (Lipinski definition) is 41. The normalized spacial score (nSPS) is 33.0. The highest BCUT2D eigenvalue weighted by atomic mass is 16.7. The Morgan fingerprint density at radius 1 is 0.210 bits per heavy atom. The molecular formula is C97H173NO40. The summed E-state index contributed by atoms with van der Waals surface area (Å²) in [5.41, 5.74) is 0. The second-order valence-corrected chi connectivity index (χ2v) is 36.4. The van der Waals surface area contributed by atoms with Gasteiger partial charge in [-0.2, -0.15) is 0 Å². The van der Waals surface area contributed by atoms with Gasteiger partial charge >= 0.3 is 0 Å². The van der Waals surface area contributed by atoms with Crippen LogP contribution in [-0.4, -0.2) is 524 Å². The van der Waals surface area contributed by atoms with Crippen LogP contribution in [0, 0.1) is 0 Å². The molecule has 24 rings (SSSR count). The van der Waals surface area contributed by atoms with E-state index in [1.807, 2.05) is 13.6 Å². The third kappa shape index (κ3) is 70.6. The molecule has 138 heavy (non-hydrogen) atoms. The Morgan fingerprint density at radius 2 is 0.348 bits per heavy atom. The highest BCUT2D eigenvalue weighted by molar-refractivity contribution is 5.11. The number of unbranched alkanes of at least 4 members (excludes halogenated alkanes) is 12. The molecule has 2 N–H and O–H groups in total. The Kier molecular flexibility index (Phi) is 62.9. The fraction of sp³-hybridized carbons (Fsp3) is 0.979. The predicted octanol–water partition coefficient (Wildman–Crippen LogP) is 3.16. The van der Waals surface area contributed by atoms with Gasteiger partial charge in [0.1, 0.15) is 136 Å². The fourth-order valence-electron chi connectivity index (χ4n) is 13.0. The third-order valence-electron chi connectivity index (χ3n) is 23.9. The summed E-state index contributed by atoms with van der Waals surface area (Å²) in [7, 11) is 0. The van der Waals surface area contributed by atoms with Crippen molar-refractivity contribution in [3.8, 4) is 0 Å². The first kappa shape index (κ1) is 118. The molecule has 26 unspecified atom stereocenters. The van der Waals surface area contributed by atoms with Gasteiger partial charge in [0, 0.05) is 25.3 Å². The molecule has 24 fully saturated rings. The van der Waals surface area contributed by atoms with Gasteiger partial charge in [-0.1, -0.05) is 84.0 Å². The molecule has 0 saturated carbocycles. The lowest BCUT2D eigenvalue weighted by molar-refractivity contribution is -0.0987. The van der Waals surface area contributed by atoms with E-state index in [9.17, 15) is 0 Å². The molecule has 24 heterocycles. The van der Waals surface area contributed by atoms with Gasteiger partial charge in [0.25, 0.3) is 0 Å². The lowest BCUT2D eigenvalue weighted by Crippen LogP contribution is -2.46. The number of carbonyl (C=O) groups is 2.